The van der Waals surface area contributed by atoms with E-state index in [0.717, 1.165) is 0 Å². The molecule has 0 heterocycles. The summed E-state index contributed by atoms with van der Waals surface area (Å²) in [5, 5.41) is 19.6. The number of carbonyl (C=O) groups is 1. The number of rotatable bonds is 4. The monoisotopic (exact) mass is 282 g/mol. The minimum absolute atomic E-state index is 0.117. The standard InChI is InChI=1S/C15H10N2O4/c1-10(18)14-6-5-11(9-16)7-15(14)21-13-4-2-3-12(8-13)17(19)20/h2-8H,1H3. The van der Waals surface area contributed by atoms with Crippen LogP contribution in [0.25, 0.3) is 0 Å². The maximum absolute atomic E-state index is 11.6. The van der Waals surface area contributed by atoms with Gasteiger partial charge in [0.1, 0.15) is 11.5 Å². The average molecular weight is 282 g/mol. The number of ether oxygens (including phenoxy) is 1. The van der Waals surface area contributed by atoms with E-state index in [2.05, 4.69) is 0 Å². The van der Waals surface area contributed by atoms with Gasteiger partial charge in [-0.1, -0.05) is 6.07 Å². The van der Waals surface area contributed by atoms with Gasteiger partial charge in [0.25, 0.3) is 5.69 Å². The van der Waals surface area contributed by atoms with Gasteiger partial charge in [0, 0.05) is 6.07 Å². The van der Waals surface area contributed by atoms with Crippen LogP contribution in [0.3, 0.4) is 0 Å². The summed E-state index contributed by atoms with van der Waals surface area (Å²) in [7, 11) is 0. The van der Waals surface area contributed by atoms with Crippen LogP contribution in [0.4, 0.5) is 5.69 Å². The summed E-state index contributed by atoms with van der Waals surface area (Å²) in [4.78, 5) is 21.8. The number of hydrogen-bond acceptors (Lipinski definition) is 5. The topological polar surface area (TPSA) is 93.2 Å². The molecule has 0 aromatic heterocycles. The van der Waals surface area contributed by atoms with E-state index in [4.69, 9.17) is 10.00 Å². The summed E-state index contributed by atoms with van der Waals surface area (Å²) in [6.45, 7) is 1.38. The number of benzene rings is 2. The molecule has 0 N–H and O–H groups in total. The zero-order valence-corrected chi connectivity index (χ0v) is 11.1. The van der Waals surface area contributed by atoms with Gasteiger partial charge in [0.15, 0.2) is 5.78 Å². The second-order valence-electron chi connectivity index (χ2n) is 4.24. The van der Waals surface area contributed by atoms with E-state index in [-0.39, 0.29) is 23.0 Å². The third-order valence-corrected chi connectivity index (χ3v) is 2.75. The Balaban J connectivity index is 2.43. The molecule has 6 heteroatoms. The third-order valence-electron chi connectivity index (χ3n) is 2.75. The van der Waals surface area contributed by atoms with Gasteiger partial charge in [-0.3, -0.25) is 14.9 Å². The molecule has 0 bridgehead atoms. The van der Waals surface area contributed by atoms with Crippen molar-refractivity contribution in [2.45, 2.75) is 6.92 Å². The van der Waals surface area contributed by atoms with Gasteiger partial charge >= 0.3 is 0 Å². The molecule has 2 aromatic carbocycles. The van der Waals surface area contributed by atoms with Crippen molar-refractivity contribution in [3.05, 3.63) is 63.7 Å². The number of hydrogen-bond donors (Lipinski definition) is 0. The maximum atomic E-state index is 11.6. The van der Waals surface area contributed by atoms with Crippen LogP contribution in [0, 0.1) is 21.4 Å². The Morgan fingerprint density at radius 1 is 1.29 bits per heavy atom. The summed E-state index contributed by atoms with van der Waals surface area (Å²) >= 11 is 0. The van der Waals surface area contributed by atoms with Crippen LogP contribution >= 0.6 is 0 Å². The summed E-state index contributed by atoms with van der Waals surface area (Å²) in [6, 6.07) is 12.0. The van der Waals surface area contributed by atoms with Crippen molar-refractivity contribution in [2.75, 3.05) is 0 Å². The zero-order chi connectivity index (χ0) is 15.4. The molecule has 0 amide bonds. The normalized spacial score (nSPS) is 9.71. The lowest BCUT2D eigenvalue weighted by Gasteiger charge is -2.09. The molecule has 0 aliphatic rings. The van der Waals surface area contributed by atoms with Crippen LogP contribution < -0.4 is 4.74 Å². The molecule has 0 spiro atoms. The first-order valence-corrected chi connectivity index (χ1v) is 5.98. The molecule has 0 radical (unpaired) electrons. The Morgan fingerprint density at radius 3 is 2.67 bits per heavy atom. The Labute approximate surface area is 120 Å². The van der Waals surface area contributed by atoms with E-state index in [1.807, 2.05) is 6.07 Å². The van der Waals surface area contributed by atoms with E-state index in [1.54, 1.807) is 0 Å². The highest BCUT2D eigenvalue weighted by atomic mass is 16.6. The lowest BCUT2D eigenvalue weighted by molar-refractivity contribution is -0.384. The van der Waals surface area contributed by atoms with Gasteiger partial charge in [-0.15, -0.1) is 0 Å². The molecule has 0 aliphatic heterocycles. The Bertz CT molecular complexity index is 763. The summed E-state index contributed by atoms with van der Waals surface area (Å²) in [5.41, 5.74) is 0.522. The molecule has 0 saturated carbocycles. The van der Waals surface area contributed by atoms with Crippen molar-refractivity contribution < 1.29 is 14.5 Å². The first-order valence-electron chi connectivity index (χ1n) is 5.98. The quantitative estimate of drug-likeness (QED) is 0.486. The molecular formula is C15H10N2O4. The summed E-state index contributed by atoms with van der Waals surface area (Å²) < 4.78 is 5.53. The number of nitro benzene ring substituents is 1. The SMILES string of the molecule is CC(=O)c1ccc(C#N)cc1Oc1cccc([N+](=O)[O-])c1. The molecule has 104 valence electrons. The first kappa shape index (κ1) is 14.2. The number of ketones is 1. The fourth-order valence-electron chi connectivity index (χ4n) is 1.75. The highest BCUT2D eigenvalue weighted by molar-refractivity contribution is 5.97. The fourth-order valence-corrected chi connectivity index (χ4v) is 1.75. The summed E-state index contributed by atoms with van der Waals surface area (Å²) in [5.74, 6) is 0.198. The fraction of sp³-hybridized carbons (Fsp3) is 0.0667. The van der Waals surface area contributed by atoms with E-state index < -0.39 is 4.92 Å². The van der Waals surface area contributed by atoms with Crippen LogP contribution in [-0.4, -0.2) is 10.7 Å². The van der Waals surface area contributed by atoms with Crippen molar-refractivity contribution in [3.63, 3.8) is 0 Å². The number of nitriles is 1. The zero-order valence-electron chi connectivity index (χ0n) is 11.1. The van der Waals surface area contributed by atoms with Crippen molar-refractivity contribution in [1.29, 1.82) is 5.26 Å². The number of non-ortho nitro benzene ring substituents is 1. The van der Waals surface area contributed by atoms with Gasteiger partial charge < -0.3 is 4.74 Å². The third kappa shape index (κ3) is 3.22. The molecule has 2 rings (SSSR count). The van der Waals surface area contributed by atoms with Crippen molar-refractivity contribution in [3.8, 4) is 17.6 Å². The lowest BCUT2D eigenvalue weighted by Crippen LogP contribution is -1.98. The Morgan fingerprint density at radius 2 is 2.05 bits per heavy atom. The highest BCUT2D eigenvalue weighted by Crippen LogP contribution is 2.29. The molecular weight excluding hydrogens is 272 g/mol. The predicted octanol–water partition coefficient (Wildman–Crippen LogP) is 3.46. The molecule has 0 fully saturated rings. The molecule has 0 unspecified atom stereocenters. The van der Waals surface area contributed by atoms with Gasteiger partial charge in [-0.05, 0) is 31.2 Å². The van der Waals surface area contributed by atoms with Crippen molar-refractivity contribution >= 4 is 11.5 Å². The minimum Gasteiger partial charge on any atom is -0.456 e. The summed E-state index contributed by atoms with van der Waals surface area (Å²) in [6.07, 6.45) is 0. The predicted molar refractivity (Wildman–Crippen MR) is 74.3 cm³/mol. The van der Waals surface area contributed by atoms with Gasteiger partial charge in [0.05, 0.1) is 28.2 Å². The molecule has 0 saturated heterocycles. The van der Waals surface area contributed by atoms with Crippen molar-refractivity contribution in [1.82, 2.24) is 0 Å². The number of carbonyl (C=O) groups excluding carboxylic acids is 1. The maximum Gasteiger partial charge on any atom is 0.273 e. The molecule has 21 heavy (non-hydrogen) atoms. The average Bonchev–Trinajstić information content (AvgIpc) is 2.47. The van der Waals surface area contributed by atoms with E-state index in [0.29, 0.717) is 11.1 Å². The van der Waals surface area contributed by atoms with Crippen LogP contribution in [0.5, 0.6) is 11.5 Å². The minimum atomic E-state index is -0.537. The van der Waals surface area contributed by atoms with Gasteiger partial charge in [-0.2, -0.15) is 5.26 Å². The molecule has 0 atom stereocenters. The lowest BCUT2D eigenvalue weighted by atomic mass is 10.1. The van der Waals surface area contributed by atoms with Crippen molar-refractivity contribution in [2.24, 2.45) is 0 Å². The number of nitrogens with zero attached hydrogens (tertiary/aromatic N) is 2. The van der Waals surface area contributed by atoms with Crippen LogP contribution in [-0.2, 0) is 0 Å². The van der Waals surface area contributed by atoms with Crippen LogP contribution in [0.1, 0.15) is 22.8 Å². The smallest absolute Gasteiger partial charge is 0.273 e. The van der Waals surface area contributed by atoms with E-state index in [9.17, 15) is 14.9 Å². The molecule has 0 aliphatic carbocycles. The van der Waals surface area contributed by atoms with E-state index >= 15 is 0 Å². The largest absolute Gasteiger partial charge is 0.456 e. The second kappa shape index (κ2) is 5.84. The highest BCUT2D eigenvalue weighted by Gasteiger charge is 2.12. The van der Waals surface area contributed by atoms with E-state index in [1.165, 1.54) is 49.4 Å². The van der Waals surface area contributed by atoms with Crippen LogP contribution in [0.15, 0.2) is 42.5 Å². The molecule has 2 aromatic rings. The first-order chi connectivity index (χ1) is 10.0. The Kier molecular flexibility index (Phi) is 3.95. The van der Waals surface area contributed by atoms with Gasteiger partial charge in [0.2, 0.25) is 0 Å². The Hall–Kier alpha value is -3.20. The number of Topliss-reactive ketones (excluding diaryl/α,β-unsaturated/α-hetero) is 1. The van der Waals surface area contributed by atoms with Crippen LogP contribution in [0.2, 0.25) is 0 Å². The molecule has 6 nitrogen and oxygen atoms in total. The van der Waals surface area contributed by atoms with Gasteiger partial charge in [-0.25, -0.2) is 0 Å². The second-order valence-corrected chi connectivity index (χ2v) is 4.24. The number of nitro groups is 1.